The van der Waals surface area contributed by atoms with Gasteiger partial charge in [-0.1, -0.05) is 13.3 Å². The van der Waals surface area contributed by atoms with Gasteiger partial charge in [0, 0.05) is 6.54 Å². The molecule has 0 saturated heterocycles. The molecular weight excluding hydrogens is 144 g/mol. The smallest absolute Gasteiger partial charge is 0.214 e. The van der Waals surface area contributed by atoms with Crippen LogP contribution >= 0.6 is 0 Å². The second kappa shape index (κ2) is 3.80. The van der Waals surface area contributed by atoms with Crippen LogP contribution in [0.3, 0.4) is 0 Å². The summed E-state index contributed by atoms with van der Waals surface area (Å²) >= 11 is 0. The van der Waals surface area contributed by atoms with E-state index in [2.05, 4.69) is 22.4 Å². The van der Waals surface area contributed by atoms with Crippen LogP contribution in [0.5, 0.6) is 0 Å². The molecule has 0 radical (unpaired) electrons. The van der Waals surface area contributed by atoms with E-state index < -0.39 is 0 Å². The monoisotopic (exact) mass is 154 g/mol. The van der Waals surface area contributed by atoms with Crippen LogP contribution in [0.1, 0.15) is 30.4 Å². The van der Waals surface area contributed by atoms with Gasteiger partial charge in [0.2, 0.25) is 5.82 Å². The zero-order valence-corrected chi connectivity index (χ0v) is 6.40. The lowest BCUT2D eigenvalue weighted by atomic mass is 10.3. The predicted molar refractivity (Wildman–Crippen MR) is 38.1 cm³/mol. The number of unbranched alkanes of at least 4 members (excludes halogenated alkanes) is 1. The van der Waals surface area contributed by atoms with Gasteiger partial charge < -0.3 is 0 Å². The van der Waals surface area contributed by atoms with Gasteiger partial charge >= 0.3 is 0 Å². The van der Waals surface area contributed by atoms with Crippen molar-refractivity contribution >= 4 is 6.29 Å². The molecule has 5 nitrogen and oxygen atoms in total. The van der Waals surface area contributed by atoms with Crippen molar-refractivity contribution in [2.75, 3.05) is 0 Å². The first-order valence-corrected chi connectivity index (χ1v) is 3.59. The summed E-state index contributed by atoms with van der Waals surface area (Å²) < 4.78 is 1.51. The number of tetrazole rings is 1. The molecule has 60 valence electrons. The fourth-order valence-electron chi connectivity index (χ4n) is 0.763. The maximum atomic E-state index is 10.3. The van der Waals surface area contributed by atoms with Crippen LogP contribution in [0.15, 0.2) is 0 Å². The number of aryl methyl sites for hydroxylation is 1. The van der Waals surface area contributed by atoms with E-state index in [0.717, 1.165) is 19.4 Å². The van der Waals surface area contributed by atoms with Gasteiger partial charge in [-0.05, 0) is 16.8 Å². The second-order valence-electron chi connectivity index (χ2n) is 2.23. The van der Waals surface area contributed by atoms with E-state index in [-0.39, 0.29) is 0 Å². The lowest BCUT2D eigenvalue weighted by Gasteiger charge is -1.96. The van der Waals surface area contributed by atoms with Gasteiger partial charge in [-0.3, -0.25) is 4.79 Å². The molecule has 0 spiro atoms. The Morgan fingerprint density at radius 1 is 1.64 bits per heavy atom. The fraction of sp³-hybridized carbons (Fsp3) is 0.667. The van der Waals surface area contributed by atoms with Crippen LogP contribution in [0, 0.1) is 0 Å². The number of hydrogen-bond acceptors (Lipinski definition) is 4. The van der Waals surface area contributed by atoms with Crippen LogP contribution in [-0.2, 0) is 6.54 Å². The highest BCUT2D eigenvalue weighted by atomic mass is 16.1. The van der Waals surface area contributed by atoms with Gasteiger partial charge in [0.05, 0.1) is 0 Å². The highest BCUT2D eigenvalue weighted by Gasteiger charge is 2.01. The van der Waals surface area contributed by atoms with Crippen molar-refractivity contribution in [2.45, 2.75) is 26.3 Å². The zero-order valence-electron chi connectivity index (χ0n) is 6.40. The van der Waals surface area contributed by atoms with Crippen LogP contribution in [0.25, 0.3) is 0 Å². The number of aldehydes is 1. The molecular formula is C6H10N4O. The Bertz CT molecular complexity index is 232. The molecule has 0 aliphatic heterocycles. The molecule has 0 atom stereocenters. The average molecular weight is 154 g/mol. The number of carbonyl (C=O) groups excluding carboxylic acids is 1. The molecule has 0 N–H and O–H groups in total. The normalized spacial score (nSPS) is 9.91. The summed E-state index contributed by atoms with van der Waals surface area (Å²) in [6.45, 7) is 2.79. The van der Waals surface area contributed by atoms with Gasteiger partial charge in [-0.25, -0.2) is 4.68 Å². The van der Waals surface area contributed by atoms with E-state index in [9.17, 15) is 4.79 Å². The minimum absolute atomic E-state index is 0.304. The summed E-state index contributed by atoms with van der Waals surface area (Å²) in [5.74, 6) is 0.304. The molecule has 0 bridgehead atoms. The Labute approximate surface area is 64.4 Å². The number of rotatable bonds is 4. The fourth-order valence-corrected chi connectivity index (χ4v) is 0.763. The van der Waals surface area contributed by atoms with Gasteiger partial charge in [-0.15, -0.1) is 5.10 Å². The standard InChI is InChI=1S/C6H10N4O/c1-2-3-4-10-6(5-11)7-8-9-10/h5H,2-4H2,1H3. The molecule has 5 heteroatoms. The summed E-state index contributed by atoms with van der Waals surface area (Å²) in [7, 11) is 0. The lowest BCUT2D eigenvalue weighted by Crippen LogP contribution is -2.04. The summed E-state index contributed by atoms with van der Waals surface area (Å²) in [6.07, 6.45) is 2.72. The maximum absolute atomic E-state index is 10.3. The van der Waals surface area contributed by atoms with Crippen LogP contribution < -0.4 is 0 Å². The van der Waals surface area contributed by atoms with E-state index in [1.807, 2.05) is 0 Å². The Balaban J connectivity index is 2.61. The number of nitrogens with zero attached hydrogens (tertiary/aromatic N) is 4. The predicted octanol–water partition coefficient (Wildman–Crippen LogP) is 0.286. The van der Waals surface area contributed by atoms with Crippen molar-refractivity contribution in [3.8, 4) is 0 Å². The average Bonchev–Trinajstić information content (AvgIpc) is 2.47. The number of hydrogen-bond donors (Lipinski definition) is 0. The third-order valence-electron chi connectivity index (χ3n) is 1.39. The lowest BCUT2D eigenvalue weighted by molar-refractivity contribution is 0.110. The summed E-state index contributed by atoms with van der Waals surface area (Å²) in [5.41, 5.74) is 0. The van der Waals surface area contributed by atoms with Crippen molar-refractivity contribution < 1.29 is 4.79 Å². The third-order valence-corrected chi connectivity index (χ3v) is 1.39. The SMILES string of the molecule is CCCCn1nnnc1C=O. The molecule has 1 rings (SSSR count). The largest absolute Gasteiger partial charge is 0.294 e. The van der Waals surface area contributed by atoms with Gasteiger partial charge in [0.1, 0.15) is 0 Å². The third kappa shape index (κ3) is 1.83. The summed E-state index contributed by atoms with van der Waals surface area (Å²) in [4.78, 5) is 10.3. The zero-order chi connectivity index (χ0) is 8.10. The van der Waals surface area contributed by atoms with E-state index in [0.29, 0.717) is 12.1 Å². The molecule has 1 aromatic rings. The topological polar surface area (TPSA) is 60.7 Å². The number of aromatic nitrogens is 4. The van der Waals surface area contributed by atoms with E-state index in [1.165, 1.54) is 4.68 Å². The molecule has 0 amide bonds. The molecule has 0 fully saturated rings. The summed E-state index contributed by atoms with van der Waals surface area (Å²) in [6, 6.07) is 0. The second-order valence-corrected chi connectivity index (χ2v) is 2.23. The van der Waals surface area contributed by atoms with Gasteiger partial charge in [0.25, 0.3) is 0 Å². The maximum Gasteiger partial charge on any atom is 0.214 e. The molecule has 1 heterocycles. The van der Waals surface area contributed by atoms with Crippen LogP contribution in [0.4, 0.5) is 0 Å². The van der Waals surface area contributed by atoms with Crippen molar-refractivity contribution in [1.29, 1.82) is 0 Å². The molecule has 0 aliphatic rings. The van der Waals surface area contributed by atoms with E-state index in [4.69, 9.17) is 0 Å². The summed E-state index contributed by atoms with van der Waals surface area (Å²) in [5, 5.41) is 10.5. The molecule has 0 unspecified atom stereocenters. The quantitative estimate of drug-likeness (QED) is 0.584. The minimum atomic E-state index is 0.304. The van der Waals surface area contributed by atoms with Crippen molar-refractivity contribution in [3.05, 3.63) is 5.82 Å². The first-order chi connectivity index (χ1) is 5.38. The highest BCUT2D eigenvalue weighted by Crippen LogP contribution is 1.93. The van der Waals surface area contributed by atoms with Crippen molar-refractivity contribution in [3.63, 3.8) is 0 Å². The molecule has 0 saturated carbocycles. The van der Waals surface area contributed by atoms with E-state index >= 15 is 0 Å². The molecule has 0 aromatic carbocycles. The van der Waals surface area contributed by atoms with E-state index in [1.54, 1.807) is 0 Å². The Kier molecular flexibility index (Phi) is 2.71. The van der Waals surface area contributed by atoms with Crippen molar-refractivity contribution in [2.24, 2.45) is 0 Å². The molecule has 11 heavy (non-hydrogen) atoms. The Morgan fingerprint density at radius 3 is 3.09 bits per heavy atom. The van der Waals surface area contributed by atoms with Crippen LogP contribution in [-0.4, -0.2) is 26.5 Å². The Morgan fingerprint density at radius 2 is 2.45 bits per heavy atom. The highest BCUT2D eigenvalue weighted by molar-refractivity contribution is 5.68. The minimum Gasteiger partial charge on any atom is -0.294 e. The van der Waals surface area contributed by atoms with Gasteiger partial charge in [0.15, 0.2) is 6.29 Å². The van der Waals surface area contributed by atoms with Crippen molar-refractivity contribution in [1.82, 2.24) is 20.2 Å². The molecule has 0 aliphatic carbocycles. The number of carbonyl (C=O) groups is 1. The first kappa shape index (κ1) is 7.84. The first-order valence-electron chi connectivity index (χ1n) is 3.59. The van der Waals surface area contributed by atoms with Gasteiger partial charge in [-0.2, -0.15) is 0 Å². The molecule has 1 aromatic heterocycles. The Hall–Kier alpha value is -1.26. The van der Waals surface area contributed by atoms with Crippen LogP contribution in [0.2, 0.25) is 0 Å².